The lowest BCUT2D eigenvalue weighted by Crippen LogP contribution is -2.03. The summed E-state index contributed by atoms with van der Waals surface area (Å²) in [5, 5.41) is 0.571. The SMILES string of the molecule is CCOC(=O)c1coc2c(OCCF)cc(Br)cc12. The Morgan fingerprint density at radius 1 is 1.47 bits per heavy atom. The Bertz CT molecular complexity index is 594. The number of carbonyl (C=O) groups excluding carboxylic acids is 1. The molecule has 6 heteroatoms. The zero-order valence-corrected chi connectivity index (χ0v) is 11.8. The third kappa shape index (κ3) is 2.89. The number of benzene rings is 1. The summed E-state index contributed by atoms with van der Waals surface area (Å²) in [6.07, 6.45) is 1.32. The van der Waals surface area contributed by atoms with Gasteiger partial charge in [0.05, 0.1) is 6.61 Å². The molecule has 19 heavy (non-hydrogen) atoms. The van der Waals surface area contributed by atoms with Crippen molar-refractivity contribution in [1.29, 1.82) is 0 Å². The second kappa shape index (κ2) is 6.06. The number of halogens is 2. The highest BCUT2D eigenvalue weighted by Gasteiger charge is 2.18. The van der Waals surface area contributed by atoms with Gasteiger partial charge in [-0.05, 0) is 19.1 Å². The molecule has 102 valence electrons. The zero-order chi connectivity index (χ0) is 13.8. The van der Waals surface area contributed by atoms with Crippen LogP contribution in [0, 0.1) is 0 Å². The van der Waals surface area contributed by atoms with Crippen LogP contribution in [-0.4, -0.2) is 25.9 Å². The Balaban J connectivity index is 2.47. The highest BCUT2D eigenvalue weighted by molar-refractivity contribution is 9.10. The molecule has 0 fully saturated rings. The van der Waals surface area contributed by atoms with Gasteiger partial charge in [0.2, 0.25) is 0 Å². The van der Waals surface area contributed by atoms with Crippen LogP contribution in [0.2, 0.25) is 0 Å². The summed E-state index contributed by atoms with van der Waals surface area (Å²) in [4.78, 5) is 11.8. The molecule has 0 bridgehead atoms. The normalized spacial score (nSPS) is 10.7. The number of carbonyl (C=O) groups is 1. The van der Waals surface area contributed by atoms with E-state index in [0.29, 0.717) is 26.8 Å². The molecule has 0 saturated carbocycles. The first-order valence-electron chi connectivity index (χ1n) is 5.74. The lowest BCUT2D eigenvalue weighted by Gasteiger charge is -2.05. The number of alkyl halides is 1. The highest BCUT2D eigenvalue weighted by Crippen LogP contribution is 2.34. The number of furan rings is 1. The van der Waals surface area contributed by atoms with E-state index in [-0.39, 0.29) is 13.2 Å². The summed E-state index contributed by atoms with van der Waals surface area (Å²) in [6.45, 7) is 1.34. The van der Waals surface area contributed by atoms with E-state index in [1.807, 2.05) is 0 Å². The van der Waals surface area contributed by atoms with Crippen LogP contribution in [0.1, 0.15) is 17.3 Å². The summed E-state index contributed by atoms with van der Waals surface area (Å²) < 4.78 is 28.4. The first kappa shape index (κ1) is 13.9. The van der Waals surface area contributed by atoms with Gasteiger partial charge in [-0.3, -0.25) is 0 Å². The predicted molar refractivity (Wildman–Crippen MR) is 71.3 cm³/mol. The van der Waals surface area contributed by atoms with E-state index in [4.69, 9.17) is 13.9 Å². The maximum Gasteiger partial charge on any atom is 0.342 e. The van der Waals surface area contributed by atoms with Crippen LogP contribution >= 0.6 is 15.9 Å². The van der Waals surface area contributed by atoms with Crippen molar-refractivity contribution in [3.05, 3.63) is 28.4 Å². The van der Waals surface area contributed by atoms with Gasteiger partial charge >= 0.3 is 5.97 Å². The molecule has 0 aliphatic heterocycles. The molecule has 2 aromatic rings. The largest absolute Gasteiger partial charge is 0.487 e. The fourth-order valence-corrected chi connectivity index (χ4v) is 2.13. The van der Waals surface area contributed by atoms with E-state index in [1.54, 1.807) is 19.1 Å². The van der Waals surface area contributed by atoms with Crippen molar-refractivity contribution >= 4 is 32.9 Å². The molecule has 0 spiro atoms. The zero-order valence-electron chi connectivity index (χ0n) is 10.2. The molecule has 0 N–H and O–H groups in total. The van der Waals surface area contributed by atoms with Crippen molar-refractivity contribution in [2.24, 2.45) is 0 Å². The summed E-state index contributed by atoms with van der Waals surface area (Å²) in [5.74, 6) is -0.0756. The number of esters is 1. The molecule has 1 heterocycles. The van der Waals surface area contributed by atoms with Crippen molar-refractivity contribution in [3.63, 3.8) is 0 Å². The molecular formula is C13H12BrFO4. The molecule has 4 nitrogen and oxygen atoms in total. The van der Waals surface area contributed by atoms with E-state index in [2.05, 4.69) is 15.9 Å². The minimum Gasteiger partial charge on any atom is -0.487 e. The van der Waals surface area contributed by atoms with Crippen LogP contribution in [-0.2, 0) is 4.74 Å². The lowest BCUT2D eigenvalue weighted by atomic mass is 10.1. The Morgan fingerprint density at radius 3 is 2.95 bits per heavy atom. The number of rotatable bonds is 5. The van der Waals surface area contributed by atoms with Crippen LogP contribution in [0.4, 0.5) is 4.39 Å². The Hall–Kier alpha value is -1.56. The minimum absolute atomic E-state index is 0.0685. The van der Waals surface area contributed by atoms with Crippen LogP contribution in [0.25, 0.3) is 11.0 Å². The Morgan fingerprint density at radius 2 is 2.26 bits per heavy atom. The molecule has 1 aromatic heterocycles. The lowest BCUT2D eigenvalue weighted by molar-refractivity contribution is 0.0527. The molecule has 0 saturated heterocycles. The van der Waals surface area contributed by atoms with Crippen LogP contribution in [0.3, 0.4) is 0 Å². The van der Waals surface area contributed by atoms with Crippen LogP contribution < -0.4 is 4.74 Å². The van der Waals surface area contributed by atoms with Gasteiger partial charge in [-0.15, -0.1) is 0 Å². The maximum absolute atomic E-state index is 12.2. The van der Waals surface area contributed by atoms with Crippen molar-refractivity contribution in [3.8, 4) is 5.75 Å². The van der Waals surface area contributed by atoms with Crippen LogP contribution in [0.15, 0.2) is 27.3 Å². The van der Waals surface area contributed by atoms with Gasteiger partial charge < -0.3 is 13.9 Å². The molecular weight excluding hydrogens is 319 g/mol. The van der Waals surface area contributed by atoms with Crippen LogP contribution in [0.5, 0.6) is 5.75 Å². The summed E-state index contributed by atoms with van der Waals surface area (Å²) in [6, 6.07) is 3.39. The molecule has 0 amide bonds. The van der Waals surface area contributed by atoms with Gasteiger partial charge in [0.1, 0.15) is 25.1 Å². The smallest absolute Gasteiger partial charge is 0.342 e. The van der Waals surface area contributed by atoms with Crippen molar-refractivity contribution in [1.82, 2.24) is 0 Å². The summed E-state index contributed by atoms with van der Waals surface area (Å²) in [7, 11) is 0. The van der Waals surface area contributed by atoms with E-state index in [9.17, 15) is 9.18 Å². The average Bonchev–Trinajstić information content (AvgIpc) is 2.79. The fourth-order valence-electron chi connectivity index (χ4n) is 1.69. The highest BCUT2D eigenvalue weighted by atomic mass is 79.9. The molecule has 1 aromatic carbocycles. The fraction of sp³-hybridized carbons (Fsp3) is 0.308. The van der Waals surface area contributed by atoms with Crippen molar-refractivity contribution in [2.45, 2.75) is 6.92 Å². The topological polar surface area (TPSA) is 48.7 Å². The number of fused-ring (bicyclic) bond motifs is 1. The molecule has 0 atom stereocenters. The molecule has 0 aliphatic rings. The van der Waals surface area contributed by atoms with Gasteiger partial charge in [-0.25, -0.2) is 9.18 Å². The standard InChI is InChI=1S/C13H12BrFO4/c1-2-17-13(16)10-7-19-12-9(10)5-8(14)6-11(12)18-4-3-15/h5-7H,2-4H2,1H3. The Kier molecular flexibility index (Phi) is 4.42. The van der Waals surface area contributed by atoms with E-state index >= 15 is 0 Å². The predicted octanol–water partition coefficient (Wildman–Crippen LogP) is 3.72. The van der Waals surface area contributed by atoms with E-state index in [1.165, 1.54) is 6.26 Å². The molecule has 0 radical (unpaired) electrons. The second-order valence-corrected chi connectivity index (χ2v) is 4.60. The first-order valence-corrected chi connectivity index (χ1v) is 6.53. The quantitative estimate of drug-likeness (QED) is 0.784. The van der Waals surface area contributed by atoms with Crippen molar-refractivity contribution < 1.29 is 23.1 Å². The first-order chi connectivity index (χ1) is 9.17. The van der Waals surface area contributed by atoms with Crippen molar-refractivity contribution in [2.75, 3.05) is 19.9 Å². The van der Waals surface area contributed by atoms with E-state index in [0.717, 1.165) is 0 Å². The summed E-state index contributed by atoms with van der Waals surface area (Å²) >= 11 is 3.31. The third-order valence-corrected chi connectivity index (χ3v) is 2.89. The Labute approximate surface area is 117 Å². The van der Waals surface area contributed by atoms with Gasteiger partial charge in [0, 0.05) is 9.86 Å². The maximum atomic E-state index is 12.2. The third-order valence-electron chi connectivity index (χ3n) is 2.43. The summed E-state index contributed by atoms with van der Waals surface area (Å²) in [5.41, 5.74) is 0.725. The van der Waals surface area contributed by atoms with Gasteiger partial charge in [-0.1, -0.05) is 15.9 Å². The molecule has 2 rings (SSSR count). The number of hydrogen-bond acceptors (Lipinski definition) is 4. The van der Waals surface area contributed by atoms with Gasteiger partial charge in [0.15, 0.2) is 11.3 Å². The monoisotopic (exact) mass is 330 g/mol. The van der Waals surface area contributed by atoms with Gasteiger partial charge in [0.25, 0.3) is 0 Å². The average molecular weight is 331 g/mol. The second-order valence-electron chi connectivity index (χ2n) is 3.69. The number of ether oxygens (including phenoxy) is 2. The number of hydrogen-bond donors (Lipinski definition) is 0. The molecule has 0 unspecified atom stereocenters. The van der Waals surface area contributed by atoms with E-state index < -0.39 is 12.6 Å². The minimum atomic E-state index is -0.598. The van der Waals surface area contributed by atoms with Gasteiger partial charge in [-0.2, -0.15) is 0 Å². The molecule has 0 aliphatic carbocycles.